The van der Waals surface area contributed by atoms with E-state index in [2.05, 4.69) is 20.8 Å². The van der Waals surface area contributed by atoms with E-state index in [1.165, 1.54) is 50.1 Å². The highest BCUT2D eigenvalue weighted by molar-refractivity contribution is 8.01. The third-order valence-electron chi connectivity index (χ3n) is 4.78. The molecule has 0 aliphatic carbocycles. The van der Waals surface area contributed by atoms with Crippen molar-refractivity contribution in [3.8, 4) is 11.5 Å². The van der Waals surface area contributed by atoms with E-state index in [-0.39, 0.29) is 34.0 Å². The van der Waals surface area contributed by atoms with Gasteiger partial charge in [0.25, 0.3) is 5.91 Å². The normalized spacial score (nSPS) is 12.5. The largest absolute Gasteiger partial charge is 0.454 e. The van der Waals surface area contributed by atoms with Crippen LogP contribution >= 0.6 is 23.1 Å². The number of sulfonamides is 1. The van der Waals surface area contributed by atoms with Gasteiger partial charge in [0.05, 0.1) is 10.6 Å². The van der Waals surface area contributed by atoms with Crippen LogP contribution in [0.2, 0.25) is 0 Å². The SMILES string of the molecule is CN(C)S(=O)(=O)c1ccc(C(=O)Nc2nnc(SCC(=O)NCc3ccc4c(c3)OCO4)s2)cc1. The number of hydrogen-bond donors (Lipinski definition) is 2. The molecule has 2 aromatic carbocycles. The van der Waals surface area contributed by atoms with Crippen molar-refractivity contribution in [2.75, 3.05) is 32.0 Å². The van der Waals surface area contributed by atoms with Gasteiger partial charge in [-0.15, -0.1) is 10.2 Å². The molecule has 1 aliphatic heterocycles. The number of carbonyl (C=O) groups excluding carboxylic acids is 2. The molecule has 35 heavy (non-hydrogen) atoms. The lowest BCUT2D eigenvalue weighted by molar-refractivity contribution is -0.118. The van der Waals surface area contributed by atoms with Crippen LogP contribution in [0.3, 0.4) is 0 Å². The van der Waals surface area contributed by atoms with Gasteiger partial charge in [0, 0.05) is 26.2 Å². The number of carbonyl (C=O) groups is 2. The third kappa shape index (κ3) is 6.08. The molecule has 0 fully saturated rings. The van der Waals surface area contributed by atoms with Gasteiger partial charge < -0.3 is 14.8 Å². The average molecular weight is 536 g/mol. The molecule has 0 saturated heterocycles. The van der Waals surface area contributed by atoms with Crippen LogP contribution in [0.4, 0.5) is 5.13 Å². The second-order valence-corrected chi connectivity index (χ2v) is 11.7. The van der Waals surface area contributed by atoms with Gasteiger partial charge in [-0.1, -0.05) is 29.2 Å². The van der Waals surface area contributed by atoms with Crippen LogP contribution in [-0.2, 0) is 21.4 Å². The number of hydrogen-bond acceptors (Lipinski definition) is 10. The van der Waals surface area contributed by atoms with Crippen molar-refractivity contribution in [3.63, 3.8) is 0 Å². The van der Waals surface area contributed by atoms with Gasteiger partial charge in [-0.25, -0.2) is 12.7 Å². The second-order valence-electron chi connectivity index (χ2n) is 7.39. The van der Waals surface area contributed by atoms with Crippen molar-refractivity contribution in [1.82, 2.24) is 19.8 Å². The van der Waals surface area contributed by atoms with Gasteiger partial charge in [-0.2, -0.15) is 0 Å². The number of nitrogens with zero attached hydrogens (tertiary/aromatic N) is 3. The Balaban J connectivity index is 1.25. The van der Waals surface area contributed by atoms with Crippen molar-refractivity contribution in [3.05, 3.63) is 53.6 Å². The first-order chi connectivity index (χ1) is 16.7. The number of fused-ring (bicyclic) bond motifs is 1. The summed E-state index contributed by atoms with van der Waals surface area (Å²) in [4.78, 5) is 24.7. The highest BCUT2D eigenvalue weighted by atomic mass is 32.2. The maximum absolute atomic E-state index is 12.5. The maximum Gasteiger partial charge on any atom is 0.257 e. The third-order valence-corrected chi connectivity index (χ3v) is 8.58. The van der Waals surface area contributed by atoms with Crippen LogP contribution in [0, 0.1) is 0 Å². The number of aromatic nitrogens is 2. The molecular weight excluding hydrogens is 514 g/mol. The topological polar surface area (TPSA) is 140 Å². The van der Waals surface area contributed by atoms with Gasteiger partial charge in [0.2, 0.25) is 27.9 Å². The summed E-state index contributed by atoms with van der Waals surface area (Å²) in [7, 11) is -0.707. The van der Waals surface area contributed by atoms with Crippen LogP contribution in [0.5, 0.6) is 11.5 Å². The minimum absolute atomic E-state index is 0.0884. The van der Waals surface area contributed by atoms with Crippen LogP contribution < -0.4 is 20.1 Å². The fourth-order valence-corrected chi connectivity index (χ4v) is 5.39. The monoisotopic (exact) mass is 535 g/mol. The molecule has 4 rings (SSSR count). The number of nitrogens with one attached hydrogen (secondary N) is 2. The molecule has 0 saturated carbocycles. The molecule has 0 spiro atoms. The summed E-state index contributed by atoms with van der Waals surface area (Å²) < 4.78 is 36.5. The van der Waals surface area contributed by atoms with Gasteiger partial charge >= 0.3 is 0 Å². The molecule has 11 nitrogen and oxygen atoms in total. The lowest BCUT2D eigenvalue weighted by atomic mass is 10.2. The molecule has 0 atom stereocenters. The van der Waals surface area contributed by atoms with E-state index < -0.39 is 15.9 Å². The zero-order chi connectivity index (χ0) is 25.0. The fraction of sp³-hybridized carbons (Fsp3) is 0.238. The number of anilines is 1. The molecule has 1 aromatic heterocycles. The van der Waals surface area contributed by atoms with Gasteiger partial charge in [0.15, 0.2) is 15.8 Å². The lowest BCUT2D eigenvalue weighted by Crippen LogP contribution is -2.24. The molecule has 0 radical (unpaired) electrons. The lowest BCUT2D eigenvalue weighted by Gasteiger charge is -2.11. The van der Waals surface area contributed by atoms with E-state index >= 15 is 0 Å². The van der Waals surface area contributed by atoms with Crippen LogP contribution in [0.1, 0.15) is 15.9 Å². The fourth-order valence-electron chi connectivity index (χ4n) is 2.91. The molecule has 2 heterocycles. The Morgan fingerprint density at radius 2 is 1.83 bits per heavy atom. The molecule has 2 N–H and O–H groups in total. The minimum atomic E-state index is -3.58. The van der Waals surface area contributed by atoms with Crippen molar-refractivity contribution in [2.45, 2.75) is 15.8 Å². The molecule has 3 aromatic rings. The van der Waals surface area contributed by atoms with Crippen LogP contribution in [0.25, 0.3) is 0 Å². The molecule has 14 heteroatoms. The summed E-state index contributed by atoms with van der Waals surface area (Å²) >= 11 is 2.33. The van der Waals surface area contributed by atoms with Crippen molar-refractivity contribution in [1.29, 1.82) is 0 Å². The van der Waals surface area contributed by atoms with Gasteiger partial charge in [0.1, 0.15) is 0 Å². The average Bonchev–Trinajstić information content (AvgIpc) is 3.50. The van der Waals surface area contributed by atoms with E-state index in [4.69, 9.17) is 9.47 Å². The number of benzene rings is 2. The molecule has 2 amide bonds. The summed E-state index contributed by atoms with van der Waals surface area (Å²) in [5, 5.41) is 13.6. The predicted molar refractivity (Wildman–Crippen MR) is 130 cm³/mol. The molecule has 0 bridgehead atoms. The number of thioether (sulfide) groups is 1. The molecule has 0 unspecified atom stereocenters. The Hall–Kier alpha value is -3.20. The summed E-state index contributed by atoms with van der Waals surface area (Å²) in [6, 6.07) is 11.1. The summed E-state index contributed by atoms with van der Waals surface area (Å²) in [5.41, 5.74) is 1.16. The predicted octanol–water partition coefficient (Wildman–Crippen LogP) is 2.18. The van der Waals surface area contributed by atoms with Crippen LogP contribution in [-0.4, -0.2) is 61.4 Å². The van der Waals surface area contributed by atoms with Gasteiger partial charge in [-0.3, -0.25) is 14.9 Å². The van der Waals surface area contributed by atoms with E-state index in [0.29, 0.717) is 22.4 Å². The first kappa shape index (κ1) is 24.9. The summed E-state index contributed by atoms with van der Waals surface area (Å²) in [6.07, 6.45) is 0. The Labute approximate surface area is 209 Å². The van der Waals surface area contributed by atoms with Crippen molar-refractivity contribution >= 4 is 50.1 Å². The first-order valence-corrected chi connectivity index (χ1v) is 13.4. The zero-order valence-corrected chi connectivity index (χ0v) is 21.1. The Morgan fingerprint density at radius 3 is 2.57 bits per heavy atom. The molecule has 1 aliphatic rings. The number of ether oxygens (including phenoxy) is 2. The molecule has 184 valence electrons. The van der Waals surface area contributed by atoms with E-state index in [0.717, 1.165) is 21.2 Å². The van der Waals surface area contributed by atoms with Crippen LogP contribution in [0.15, 0.2) is 51.7 Å². The van der Waals surface area contributed by atoms with E-state index in [1.807, 2.05) is 12.1 Å². The Kier molecular flexibility index (Phi) is 7.54. The summed E-state index contributed by atoms with van der Waals surface area (Å²) in [6.45, 7) is 0.543. The minimum Gasteiger partial charge on any atom is -0.454 e. The second kappa shape index (κ2) is 10.6. The first-order valence-electron chi connectivity index (χ1n) is 10.2. The highest BCUT2D eigenvalue weighted by Gasteiger charge is 2.18. The molecular formula is C21H21N5O6S3. The van der Waals surface area contributed by atoms with Crippen molar-refractivity contribution in [2.24, 2.45) is 0 Å². The van der Waals surface area contributed by atoms with E-state index in [9.17, 15) is 18.0 Å². The standard InChI is InChI=1S/C21H21N5O6S3/c1-26(2)35(29,30)15-6-4-14(5-7-15)19(28)23-20-24-25-21(34-20)33-11-18(27)22-10-13-3-8-16-17(9-13)32-12-31-16/h3-9H,10-12H2,1-2H3,(H,22,27)(H,23,24,28). The number of rotatable bonds is 9. The zero-order valence-electron chi connectivity index (χ0n) is 18.7. The number of amides is 2. The van der Waals surface area contributed by atoms with Crippen molar-refractivity contribution < 1.29 is 27.5 Å². The quantitative estimate of drug-likeness (QED) is 0.312. The smallest absolute Gasteiger partial charge is 0.257 e. The summed E-state index contributed by atoms with van der Waals surface area (Å²) in [5.74, 6) is 0.844. The Morgan fingerprint density at radius 1 is 1.09 bits per heavy atom. The maximum atomic E-state index is 12.5. The van der Waals surface area contributed by atoms with Gasteiger partial charge in [-0.05, 0) is 42.0 Å². The Bertz CT molecular complexity index is 1340. The van der Waals surface area contributed by atoms with E-state index in [1.54, 1.807) is 6.07 Å². The highest BCUT2D eigenvalue weighted by Crippen LogP contribution is 2.32.